The second-order valence-electron chi connectivity index (χ2n) is 8.23. The van der Waals surface area contributed by atoms with Gasteiger partial charge in [0.2, 0.25) is 11.9 Å². The van der Waals surface area contributed by atoms with E-state index in [0.717, 1.165) is 5.52 Å². The molecule has 0 fully saturated rings. The summed E-state index contributed by atoms with van der Waals surface area (Å²) in [6.07, 6.45) is 0.575. The molecule has 0 saturated carbocycles. The summed E-state index contributed by atoms with van der Waals surface area (Å²) in [5, 5.41) is 0. The Morgan fingerprint density at radius 2 is 1.69 bits per heavy atom. The molecule has 10 nitrogen and oxygen atoms in total. The number of amides is 1. The zero-order chi connectivity index (χ0) is 25.8. The summed E-state index contributed by atoms with van der Waals surface area (Å²) >= 11 is 0. The third-order valence-corrected chi connectivity index (χ3v) is 6.27. The summed E-state index contributed by atoms with van der Waals surface area (Å²) in [6, 6.07) is 10.2. The Labute approximate surface area is 209 Å². The van der Waals surface area contributed by atoms with Crippen molar-refractivity contribution in [2.24, 2.45) is 5.92 Å². The van der Waals surface area contributed by atoms with Crippen molar-refractivity contribution in [3.05, 3.63) is 42.0 Å². The number of carbonyl (C=O) groups excluding carboxylic acids is 2. The first-order valence-corrected chi connectivity index (χ1v) is 11.7. The molecular weight excluding hydrogens is 466 g/mol. The number of aromatic nitrogens is 2. The zero-order valence-electron chi connectivity index (χ0n) is 21.1. The number of para-hydroxylation sites is 2. The maximum atomic E-state index is 14.0. The minimum atomic E-state index is -1.18. The van der Waals surface area contributed by atoms with Crippen LogP contribution in [0.2, 0.25) is 0 Å². The lowest BCUT2D eigenvalue weighted by Gasteiger charge is -2.38. The molecule has 2 atom stereocenters. The maximum absolute atomic E-state index is 14.0. The smallest absolute Gasteiger partial charge is 0.321 e. The number of nitrogens with zero attached hydrogens (tertiary/aromatic N) is 3. The number of hydrogen-bond donors (Lipinski definition) is 0. The van der Waals surface area contributed by atoms with Crippen molar-refractivity contribution in [2.75, 3.05) is 53.1 Å². The van der Waals surface area contributed by atoms with Gasteiger partial charge >= 0.3 is 5.97 Å². The average Bonchev–Trinajstić information content (AvgIpc) is 3.28. The monoisotopic (exact) mass is 497 g/mol. The normalized spacial score (nSPS) is 17.1. The number of benzene rings is 2. The van der Waals surface area contributed by atoms with Crippen LogP contribution in [0.25, 0.3) is 11.0 Å². The summed E-state index contributed by atoms with van der Waals surface area (Å²) in [6.45, 7) is 2.65. The molecular formula is C26H31N3O7. The first-order valence-electron chi connectivity index (χ1n) is 11.7. The fourth-order valence-electron chi connectivity index (χ4n) is 4.69. The predicted octanol–water partition coefficient (Wildman–Crippen LogP) is 3.21. The highest BCUT2D eigenvalue weighted by molar-refractivity contribution is 6.08. The van der Waals surface area contributed by atoms with Crippen molar-refractivity contribution in [3.8, 4) is 17.2 Å². The van der Waals surface area contributed by atoms with E-state index >= 15 is 0 Å². The predicted molar refractivity (Wildman–Crippen MR) is 133 cm³/mol. The number of hydrogen-bond acceptors (Lipinski definition) is 8. The summed E-state index contributed by atoms with van der Waals surface area (Å²) in [5.41, 5.74) is 2.04. The molecule has 0 N–H and O–H groups in total. The Hall–Kier alpha value is -3.79. The number of imidazole rings is 1. The molecule has 1 aromatic heterocycles. The number of ether oxygens (including phenoxy) is 5. The minimum absolute atomic E-state index is 0.139. The first kappa shape index (κ1) is 25.3. The van der Waals surface area contributed by atoms with Crippen molar-refractivity contribution in [1.29, 1.82) is 0 Å². The van der Waals surface area contributed by atoms with Crippen LogP contribution in [0.4, 0.5) is 5.95 Å². The van der Waals surface area contributed by atoms with Crippen molar-refractivity contribution < 1.29 is 33.3 Å². The molecule has 3 aromatic rings. The van der Waals surface area contributed by atoms with Crippen molar-refractivity contribution in [2.45, 2.75) is 19.4 Å². The second kappa shape index (κ2) is 10.9. The zero-order valence-corrected chi connectivity index (χ0v) is 21.1. The second-order valence-corrected chi connectivity index (χ2v) is 8.23. The Morgan fingerprint density at radius 3 is 2.36 bits per heavy atom. The number of methoxy groups -OCH3 is 4. The molecule has 0 spiro atoms. The highest BCUT2D eigenvalue weighted by atomic mass is 16.5. The van der Waals surface area contributed by atoms with Gasteiger partial charge in [0, 0.05) is 31.9 Å². The molecule has 0 unspecified atom stereocenters. The summed E-state index contributed by atoms with van der Waals surface area (Å²) in [5.74, 6) is -0.402. The van der Waals surface area contributed by atoms with Crippen LogP contribution in [0.15, 0.2) is 36.4 Å². The SMILES string of the molecule is CCOC(=O)[C@H]1C(=O)N(CCCOC)c2nc3ccccc3n2[C@@H]1c1cc(OC)c(OC)cc1OC. The lowest BCUT2D eigenvalue weighted by atomic mass is 9.88. The number of rotatable bonds is 10. The van der Waals surface area contributed by atoms with Gasteiger partial charge in [0.25, 0.3) is 0 Å². The molecule has 0 saturated heterocycles. The number of anilines is 1. The third kappa shape index (κ3) is 4.32. The Kier molecular flexibility index (Phi) is 7.64. The Bertz CT molecular complexity index is 1260. The van der Waals surface area contributed by atoms with Crippen LogP contribution in [0.5, 0.6) is 17.2 Å². The van der Waals surface area contributed by atoms with E-state index in [4.69, 9.17) is 28.7 Å². The number of fused-ring (bicyclic) bond motifs is 3. The highest BCUT2D eigenvalue weighted by Gasteiger charge is 2.48. The van der Waals surface area contributed by atoms with Gasteiger partial charge in [0.15, 0.2) is 17.4 Å². The molecule has 4 rings (SSSR count). The van der Waals surface area contributed by atoms with Crippen molar-refractivity contribution >= 4 is 28.9 Å². The lowest BCUT2D eigenvalue weighted by Crippen LogP contribution is -2.50. The fraction of sp³-hybridized carbons (Fsp3) is 0.423. The van der Waals surface area contributed by atoms with Crippen LogP contribution in [-0.4, -0.2) is 69.6 Å². The first-order chi connectivity index (χ1) is 17.5. The van der Waals surface area contributed by atoms with E-state index in [2.05, 4.69) is 0 Å². The van der Waals surface area contributed by atoms with Gasteiger partial charge in [-0.25, -0.2) is 4.98 Å². The summed E-state index contributed by atoms with van der Waals surface area (Å²) in [4.78, 5) is 33.7. The highest BCUT2D eigenvalue weighted by Crippen LogP contribution is 2.46. The van der Waals surface area contributed by atoms with Crippen LogP contribution < -0.4 is 19.1 Å². The van der Waals surface area contributed by atoms with Gasteiger partial charge in [-0.3, -0.25) is 14.5 Å². The number of esters is 1. The molecule has 0 bridgehead atoms. The molecule has 2 aromatic carbocycles. The van der Waals surface area contributed by atoms with Crippen LogP contribution in [0, 0.1) is 5.92 Å². The average molecular weight is 498 g/mol. The van der Waals surface area contributed by atoms with E-state index < -0.39 is 23.8 Å². The standard InChI is InChI=1S/C26H31N3O7/c1-6-36-25(31)22-23(16-14-20(34-4)21(35-5)15-19(16)33-3)29-18-11-8-7-10-17(18)27-26(29)28(24(22)30)12-9-13-32-2/h7-8,10-11,14-15,22-23H,6,9,12-13H2,1-5H3/t22-,23-/m1/s1. The summed E-state index contributed by atoms with van der Waals surface area (Å²) < 4.78 is 29.2. The fourth-order valence-corrected chi connectivity index (χ4v) is 4.69. The molecule has 192 valence electrons. The molecule has 2 heterocycles. The molecule has 1 aliphatic heterocycles. The van der Waals surface area contributed by atoms with Gasteiger partial charge in [0.05, 0.1) is 45.0 Å². The van der Waals surface area contributed by atoms with Crippen LogP contribution in [0.1, 0.15) is 24.9 Å². The molecule has 0 radical (unpaired) electrons. The van der Waals surface area contributed by atoms with Gasteiger partial charge in [0.1, 0.15) is 5.75 Å². The molecule has 36 heavy (non-hydrogen) atoms. The van der Waals surface area contributed by atoms with E-state index in [9.17, 15) is 9.59 Å². The quantitative estimate of drug-likeness (QED) is 0.239. The maximum Gasteiger partial charge on any atom is 0.321 e. The van der Waals surface area contributed by atoms with Crippen molar-refractivity contribution in [3.63, 3.8) is 0 Å². The van der Waals surface area contributed by atoms with Crippen molar-refractivity contribution in [1.82, 2.24) is 9.55 Å². The molecule has 1 amide bonds. The largest absolute Gasteiger partial charge is 0.496 e. The van der Waals surface area contributed by atoms with E-state index in [1.165, 1.54) is 21.3 Å². The number of carbonyl (C=O) groups is 2. The lowest BCUT2D eigenvalue weighted by molar-refractivity contribution is -0.153. The van der Waals surface area contributed by atoms with Crippen LogP contribution in [-0.2, 0) is 19.1 Å². The van der Waals surface area contributed by atoms with Gasteiger partial charge in [-0.2, -0.15) is 0 Å². The Balaban J connectivity index is 2.02. The van der Waals surface area contributed by atoms with Gasteiger partial charge in [-0.15, -0.1) is 0 Å². The summed E-state index contributed by atoms with van der Waals surface area (Å²) in [7, 11) is 6.19. The molecule has 10 heteroatoms. The van der Waals surface area contributed by atoms with Gasteiger partial charge in [-0.05, 0) is 31.5 Å². The van der Waals surface area contributed by atoms with Gasteiger partial charge in [-0.1, -0.05) is 12.1 Å². The van der Waals surface area contributed by atoms with E-state index in [-0.39, 0.29) is 6.61 Å². The van der Waals surface area contributed by atoms with E-state index in [1.807, 2.05) is 28.8 Å². The topological polar surface area (TPSA) is 101 Å². The third-order valence-electron chi connectivity index (χ3n) is 6.27. The Morgan fingerprint density at radius 1 is 1.00 bits per heavy atom. The molecule has 0 aliphatic carbocycles. The molecule has 1 aliphatic rings. The van der Waals surface area contributed by atoms with E-state index in [0.29, 0.717) is 53.8 Å². The minimum Gasteiger partial charge on any atom is -0.496 e. The van der Waals surface area contributed by atoms with Gasteiger partial charge < -0.3 is 28.3 Å². The van der Waals surface area contributed by atoms with Crippen LogP contribution in [0.3, 0.4) is 0 Å². The van der Waals surface area contributed by atoms with E-state index in [1.54, 1.807) is 31.1 Å². The van der Waals surface area contributed by atoms with Crippen LogP contribution >= 0.6 is 0 Å².